The van der Waals surface area contributed by atoms with Crippen molar-refractivity contribution < 1.29 is 38.0 Å². The van der Waals surface area contributed by atoms with E-state index in [1.54, 1.807) is 19.1 Å². The van der Waals surface area contributed by atoms with E-state index in [0.717, 1.165) is 5.56 Å². The monoisotopic (exact) mass is 241 g/mol. The summed E-state index contributed by atoms with van der Waals surface area (Å²) < 4.78 is 25.3. The molecule has 0 bridgehead atoms. The van der Waals surface area contributed by atoms with Gasteiger partial charge < -0.3 is 4.24 Å². The number of halogens is 1. The minimum absolute atomic E-state index is 0. The van der Waals surface area contributed by atoms with E-state index in [4.69, 9.17) is 11.8 Å². The zero-order chi connectivity index (χ0) is 10.1. The molecule has 3 nitrogen and oxygen atoms in total. The van der Waals surface area contributed by atoms with Crippen molar-refractivity contribution in [2.24, 2.45) is 0 Å². The van der Waals surface area contributed by atoms with Gasteiger partial charge in [0, 0.05) is 0 Å². The second kappa shape index (κ2) is 5.49. The summed E-state index contributed by atoms with van der Waals surface area (Å²) in [4.78, 5) is 0.160. The fraction of sp³-hybridized carbons (Fsp3) is 0.250. The van der Waals surface area contributed by atoms with Crippen LogP contribution in [0, 0.1) is 13.8 Å². The molecule has 0 heterocycles. The number of hydrogen-bond acceptors (Lipinski definition) is 2. The van der Waals surface area contributed by atoms with Gasteiger partial charge in [-0.05, 0) is 25.5 Å². The first-order chi connectivity index (χ1) is 5.97. The predicted octanol–water partition coefficient (Wildman–Crippen LogP) is -0.476. The number of hydrogen-bond donors (Lipinski definition) is 0. The standard InChI is InChI=1S/C8H9ClNO2S.Na/c1-6-3-4-8(7(2)5-6)13(11,12)10-9;/h3-5H,1-2H3;/q-1;+1. The van der Waals surface area contributed by atoms with Gasteiger partial charge in [-0.1, -0.05) is 17.7 Å². The molecule has 0 aliphatic heterocycles. The zero-order valence-corrected chi connectivity index (χ0v) is 11.9. The maximum Gasteiger partial charge on any atom is 1.00 e. The summed E-state index contributed by atoms with van der Waals surface area (Å²) in [6.45, 7) is 3.60. The van der Waals surface area contributed by atoms with E-state index in [9.17, 15) is 8.42 Å². The summed E-state index contributed by atoms with van der Waals surface area (Å²) in [7, 11) is -3.66. The van der Waals surface area contributed by atoms with Crippen molar-refractivity contribution in [1.29, 1.82) is 0 Å². The first-order valence-electron chi connectivity index (χ1n) is 3.63. The van der Waals surface area contributed by atoms with Crippen LogP contribution < -0.4 is 29.6 Å². The Balaban J connectivity index is 0.00000169. The maximum absolute atomic E-state index is 11.2. The van der Waals surface area contributed by atoms with Crippen molar-refractivity contribution in [1.82, 2.24) is 0 Å². The van der Waals surface area contributed by atoms with Gasteiger partial charge in [-0.3, -0.25) is 11.8 Å². The molecule has 0 spiro atoms. The van der Waals surface area contributed by atoms with Crippen LogP contribution in [-0.2, 0) is 10.0 Å². The van der Waals surface area contributed by atoms with Gasteiger partial charge >= 0.3 is 29.6 Å². The molecule has 6 heteroatoms. The van der Waals surface area contributed by atoms with Gasteiger partial charge in [0.05, 0.1) is 4.90 Å². The molecule has 0 unspecified atom stereocenters. The first kappa shape index (κ1) is 14.4. The van der Waals surface area contributed by atoms with E-state index in [0.29, 0.717) is 5.56 Å². The molecule has 0 saturated carbocycles. The quantitative estimate of drug-likeness (QED) is 0.657. The maximum atomic E-state index is 11.2. The summed E-state index contributed by atoms with van der Waals surface area (Å²) in [5, 5.41) is 0. The smallest absolute Gasteiger partial charge is 0.458 e. The van der Waals surface area contributed by atoms with Crippen LogP contribution in [-0.4, -0.2) is 8.42 Å². The number of benzene rings is 1. The van der Waals surface area contributed by atoms with E-state index < -0.39 is 10.0 Å². The van der Waals surface area contributed by atoms with Crippen LogP contribution in [0.2, 0.25) is 0 Å². The molecule has 1 aromatic carbocycles. The second-order valence-electron chi connectivity index (χ2n) is 2.81. The van der Waals surface area contributed by atoms with Gasteiger partial charge in [-0.2, -0.15) is 0 Å². The fourth-order valence-electron chi connectivity index (χ4n) is 1.13. The first-order valence-corrected chi connectivity index (χ1v) is 5.41. The van der Waals surface area contributed by atoms with Crippen molar-refractivity contribution >= 4 is 21.8 Å². The average Bonchev–Trinajstić information content (AvgIpc) is 2.03. The summed E-state index contributed by atoms with van der Waals surface area (Å²) >= 11 is 4.98. The Labute approximate surface area is 111 Å². The van der Waals surface area contributed by atoms with E-state index in [1.807, 2.05) is 6.92 Å². The Hall–Kier alpha value is 0.420. The molecule has 0 amide bonds. The molecule has 0 saturated heterocycles. The minimum Gasteiger partial charge on any atom is -0.458 e. The molecule has 0 aromatic heterocycles. The Morgan fingerprint density at radius 1 is 1.29 bits per heavy atom. The van der Waals surface area contributed by atoms with Gasteiger partial charge in [0.1, 0.15) is 10.0 Å². The van der Waals surface area contributed by atoms with Crippen LogP contribution in [0.1, 0.15) is 11.1 Å². The number of nitrogens with zero attached hydrogens (tertiary/aromatic N) is 1. The van der Waals surface area contributed by atoms with Gasteiger partial charge in [-0.25, -0.2) is 8.42 Å². The summed E-state index contributed by atoms with van der Waals surface area (Å²) in [6.07, 6.45) is 0. The van der Waals surface area contributed by atoms with Crippen molar-refractivity contribution in [3.05, 3.63) is 33.6 Å². The van der Waals surface area contributed by atoms with Crippen molar-refractivity contribution in [2.45, 2.75) is 18.7 Å². The largest absolute Gasteiger partial charge is 1.00 e. The van der Waals surface area contributed by atoms with Crippen LogP contribution in [0.25, 0.3) is 4.24 Å². The van der Waals surface area contributed by atoms with E-state index >= 15 is 0 Å². The summed E-state index contributed by atoms with van der Waals surface area (Å²) in [5.74, 6) is 0. The van der Waals surface area contributed by atoms with Crippen LogP contribution in [0.15, 0.2) is 23.1 Å². The summed E-state index contributed by atoms with van der Waals surface area (Å²) in [6, 6.07) is 4.99. The van der Waals surface area contributed by atoms with E-state index in [1.165, 1.54) is 6.07 Å². The Kier molecular flexibility index (Phi) is 5.65. The van der Waals surface area contributed by atoms with Crippen molar-refractivity contribution in [3.63, 3.8) is 0 Å². The Morgan fingerprint density at radius 3 is 2.29 bits per heavy atom. The molecule has 1 rings (SSSR count). The third kappa shape index (κ3) is 3.22. The normalized spacial score (nSPS) is 10.8. The molecule has 0 aliphatic rings. The third-order valence-electron chi connectivity index (χ3n) is 1.70. The van der Waals surface area contributed by atoms with E-state index in [2.05, 4.69) is 4.24 Å². The molecule has 0 fully saturated rings. The molecule has 0 radical (unpaired) electrons. The summed E-state index contributed by atoms with van der Waals surface area (Å²) in [5.41, 5.74) is 1.66. The second-order valence-corrected chi connectivity index (χ2v) is 4.76. The van der Waals surface area contributed by atoms with Crippen molar-refractivity contribution in [2.75, 3.05) is 0 Å². The van der Waals surface area contributed by atoms with Crippen LogP contribution >= 0.6 is 11.8 Å². The topological polar surface area (TPSA) is 48.2 Å². The van der Waals surface area contributed by atoms with Crippen LogP contribution in [0.3, 0.4) is 0 Å². The van der Waals surface area contributed by atoms with Gasteiger partial charge in [-0.15, -0.1) is 0 Å². The SMILES string of the molecule is Cc1ccc(S(=O)(=O)[N-]Cl)c(C)c1.[Na+]. The van der Waals surface area contributed by atoms with Crippen LogP contribution in [0.5, 0.6) is 0 Å². The molecule has 1 aromatic rings. The molecule has 14 heavy (non-hydrogen) atoms. The molecule has 0 N–H and O–H groups in total. The third-order valence-corrected chi connectivity index (χ3v) is 3.44. The Bertz CT molecular complexity index is 419. The Morgan fingerprint density at radius 2 is 1.86 bits per heavy atom. The number of rotatable bonds is 2. The molecule has 72 valence electrons. The fourth-order valence-corrected chi connectivity index (χ4v) is 2.13. The van der Waals surface area contributed by atoms with E-state index in [-0.39, 0.29) is 34.5 Å². The molecule has 0 atom stereocenters. The van der Waals surface area contributed by atoms with Gasteiger partial charge in [0.15, 0.2) is 0 Å². The average molecular weight is 242 g/mol. The molecular formula is C8H9ClNNaO2S. The minimum atomic E-state index is -3.66. The molecule has 0 aliphatic carbocycles. The van der Waals surface area contributed by atoms with Crippen molar-refractivity contribution in [3.8, 4) is 0 Å². The predicted molar refractivity (Wildman–Crippen MR) is 52.3 cm³/mol. The van der Waals surface area contributed by atoms with Gasteiger partial charge in [0.2, 0.25) is 0 Å². The number of aryl methyl sites for hydroxylation is 2. The van der Waals surface area contributed by atoms with Crippen LogP contribution in [0.4, 0.5) is 0 Å². The zero-order valence-electron chi connectivity index (χ0n) is 8.28. The number of sulfonamides is 1. The molecular weight excluding hydrogens is 233 g/mol. The van der Waals surface area contributed by atoms with Gasteiger partial charge in [0.25, 0.3) is 0 Å².